The van der Waals surface area contributed by atoms with Gasteiger partial charge in [-0.1, -0.05) is 76.4 Å². The number of hydrogen-bond donors (Lipinski definition) is 1. The van der Waals surface area contributed by atoms with Crippen LogP contribution in [0.5, 0.6) is 0 Å². The molecule has 0 aliphatic heterocycles. The molecule has 0 fully saturated rings. The molecule has 0 aliphatic rings. The van der Waals surface area contributed by atoms with Crippen LogP contribution < -0.4 is 0 Å². The van der Waals surface area contributed by atoms with Crippen LogP contribution in [0.3, 0.4) is 0 Å². The second-order valence-corrected chi connectivity index (χ2v) is 6.48. The van der Waals surface area contributed by atoms with E-state index in [1.807, 2.05) is 0 Å². The Balaban J connectivity index is 3.37. The van der Waals surface area contributed by atoms with Crippen LogP contribution in [-0.2, 0) is 4.79 Å². The first-order valence-corrected chi connectivity index (χ1v) is 9.56. The smallest absolute Gasteiger partial charge is 0.303 e. The summed E-state index contributed by atoms with van der Waals surface area (Å²) in [5.74, 6) is -0.660. The van der Waals surface area contributed by atoms with Gasteiger partial charge in [0.1, 0.15) is 0 Å². The standard InChI is InChI=1S/C20H38O2/c1-3-5-6-7-10-13-16-19(4-2)17-14-11-8-9-12-15-18-20(21)22/h4H,3,5-18H2,1-2H3,(H,21,22). The van der Waals surface area contributed by atoms with Crippen LogP contribution in [0.1, 0.15) is 110 Å². The molecule has 0 saturated heterocycles. The van der Waals surface area contributed by atoms with Crippen molar-refractivity contribution in [2.24, 2.45) is 0 Å². The van der Waals surface area contributed by atoms with Crippen LogP contribution in [0.4, 0.5) is 0 Å². The van der Waals surface area contributed by atoms with E-state index >= 15 is 0 Å². The van der Waals surface area contributed by atoms with Gasteiger partial charge in [0.05, 0.1) is 0 Å². The molecule has 0 atom stereocenters. The maximum atomic E-state index is 10.4. The van der Waals surface area contributed by atoms with E-state index in [2.05, 4.69) is 19.9 Å². The van der Waals surface area contributed by atoms with E-state index < -0.39 is 5.97 Å². The van der Waals surface area contributed by atoms with Gasteiger partial charge in [-0.25, -0.2) is 0 Å². The molecule has 0 radical (unpaired) electrons. The molecule has 0 rings (SSSR count). The fraction of sp³-hybridized carbons (Fsp3) is 0.850. The number of hydrogen-bond acceptors (Lipinski definition) is 1. The molecule has 22 heavy (non-hydrogen) atoms. The van der Waals surface area contributed by atoms with Crippen LogP contribution in [0, 0.1) is 0 Å². The van der Waals surface area contributed by atoms with E-state index in [-0.39, 0.29) is 0 Å². The van der Waals surface area contributed by atoms with Gasteiger partial charge >= 0.3 is 5.97 Å². The van der Waals surface area contributed by atoms with Gasteiger partial charge < -0.3 is 5.11 Å². The van der Waals surface area contributed by atoms with Gasteiger partial charge in [0.2, 0.25) is 0 Å². The Morgan fingerprint density at radius 2 is 1.14 bits per heavy atom. The summed E-state index contributed by atoms with van der Waals surface area (Å²) in [4.78, 5) is 10.4. The Bertz CT molecular complexity index is 281. The zero-order chi connectivity index (χ0) is 16.5. The number of allylic oxidation sites excluding steroid dienone is 2. The third kappa shape index (κ3) is 15.6. The number of aliphatic carboxylic acids is 1. The average molecular weight is 311 g/mol. The maximum Gasteiger partial charge on any atom is 0.303 e. The predicted molar refractivity (Wildman–Crippen MR) is 96.3 cm³/mol. The largest absolute Gasteiger partial charge is 0.481 e. The molecule has 0 aromatic carbocycles. The summed E-state index contributed by atoms with van der Waals surface area (Å²) < 4.78 is 0. The molecule has 0 aromatic rings. The first-order valence-electron chi connectivity index (χ1n) is 9.56. The SMILES string of the molecule is CC=C(CCCCCCCC)CCCCCCCCC(=O)O. The van der Waals surface area contributed by atoms with Crippen LogP contribution in [0.15, 0.2) is 11.6 Å². The van der Waals surface area contributed by atoms with E-state index in [1.165, 1.54) is 77.0 Å². The van der Waals surface area contributed by atoms with E-state index in [9.17, 15) is 4.79 Å². The van der Waals surface area contributed by atoms with Crippen molar-refractivity contribution < 1.29 is 9.90 Å². The lowest BCUT2D eigenvalue weighted by molar-refractivity contribution is -0.137. The quantitative estimate of drug-likeness (QED) is 0.249. The normalized spacial score (nSPS) is 11.8. The molecular weight excluding hydrogens is 272 g/mol. The summed E-state index contributed by atoms with van der Waals surface area (Å²) in [6, 6.07) is 0. The molecule has 0 saturated carbocycles. The number of carbonyl (C=O) groups is 1. The Morgan fingerprint density at radius 1 is 0.727 bits per heavy atom. The number of carboxylic acids is 1. The first-order chi connectivity index (χ1) is 10.7. The Kier molecular flexibility index (Phi) is 16.0. The van der Waals surface area contributed by atoms with Gasteiger partial charge in [0.25, 0.3) is 0 Å². The molecule has 1 N–H and O–H groups in total. The van der Waals surface area contributed by atoms with Crippen molar-refractivity contribution in [3.05, 3.63) is 11.6 Å². The topological polar surface area (TPSA) is 37.3 Å². The molecule has 130 valence electrons. The van der Waals surface area contributed by atoms with Gasteiger partial charge in [-0.3, -0.25) is 4.79 Å². The number of rotatable bonds is 16. The van der Waals surface area contributed by atoms with Crippen molar-refractivity contribution in [2.45, 2.75) is 110 Å². The molecule has 0 amide bonds. The van der Waals surface area contributed by atoms with Gasteiger partial charge in [0, 0.05) is 6.42 Å². The summed E-state index contributed by atoms with van der Waals surface area (Å²) in [5, 5.41) is 8.57. The molecule has 0 heterocycles. The lowest BCUT2D eigenvalue weighted by Gasteiger charge is -2.07. The summed E-state index contributed by atoms with van der Waals surface area (Å²) in [7, 11) is 0. The summed E-state index contributed by atoms with van der Waals surface area (Å²) >= 11 is 0. The first kappa shape index (κ1) is 21.2. The van der Waals surface area contributed by atoms with Gasteiger partial charge in [-0.2, -0.15) is 0 Å². The summed E-state index contributed by atoms with van der Waals surface area (Å²) in [6.07, 6.45) is 20.4. The van der Waals surface area contributed by atoms with Crippen molar-refractivity contribution in [1.29, 1.82) is 0 Å². The molecule has 2 nitrogen and oxygen atoms in total. The van der Waals surface area contributed by atoms with Crippen molar-refractivity contribution in [3.63, 3.8) is 0 Å². The van der Waals surface area contributed by atoms with Crippen molar-refractivity contribution in [2.75, 3.05) is 0 Å². The van der Waals surface area contributed by atoms with Crippen molar-refractivity contribution >= 4 is 5.97 Å². The highest BCUT2D eigenvalue weighted by Gasteiger charge is 1.99. The predicted octanol–water partition coefficient (Wildman–Crippen LogP) is 6.89. The third-order valence-corrected chi connectivity index (χ3v) is 4.40. The van der Waals surface area contributed by atoms with Crippen LogP contribution >= 0.6 is 0 Å². The number of unbranched alkanes of at least 4 members (excludes halogenated alkanes) is 10. The lowest BCUT2D eigenvalue weighted by atomic mass is 9.99. The van der Waals surface area contributed by atoms with Crippen LogP contribution in [0.25, 0.3) is 0 Å². The highest BCUT2D eigenvalue weighted by atomic mass is 16.4. The van der Waals surface area contributed by atoms with E-state index in [0.717, 1.165) is 12.8 Å². The molecule has 0 bridgehead atoms. The van der Waals surface area contributed by atoms with E-state index in [0.29, 0.717) is 6.42 Å². The van der Waals surface area contributed by atoms with E-state index in [1.54, 1.807) is 5.57 Å². The van der Waals surface area contributed by atoms with Crippen LogP contribution in [-0.4, -0.2) is 11.1 Å². The van der Waals surface area contributed by atoms with Crippen molar-refractivity contribution in [1.82, 2.24) is 0 Å². The second kappa shape index (κ2) is 16.6. The minimum absolute atomic E-state index is 0.334. The highest BCUT2D eigenvalue weighted by Crippen LogP contribution is 2.18. The summed E-state index contributed by atoms with van der Waals surface area (Å²) in [6.45, 7) is 4.45. The molecule has 0 spiro atoms. The van der Waals surface area contributed by atoms with Crippen molar-refractivity contribution in [3.8, 4) is 0 Å². The van der Waals surface area contributed by atoms with Gasteiger partial charge in [-0.15, -0.1) is 0 Å². The monoisotopic (exact) mass is 310 g/mol. The third-order valence-electron chi connectivity index (χ3n) is 4.40. The minimum Gasteiger partial charge on any atom is -0.481 e. The number of carboxylic acid groups (broad SMARTS) is 1. The highest BCUT2D eigenvalue weighted by molar-refractivity contribution is 5.66. The zero-order valence-electron chi connectivity index (χ0n) is 15.0. The zero-order valence-corrected chi connectivity index (χ0v) is 15.0. The van der Waals surface area contributed by atoms with Crippen LogP contribution in [0.2, 0.25) is 0 Å². The molecule has 2 heteroatoms. The van der Waals surface area contributed by atoms with E-state index in [4.69, 9.17) is 5.11 Å². The fourth-order valence-electron chi connectivity index (χ4n) is 2.88. The van der Waals surface area contributed by atoms with Gasteiger partial charge in [-0.05, 0) is 39.0 Å². The molecule has 0 aromatic heterocycles. The molecule has 0 unspecified atom stereocenters. The fourth-order valence-corrected chi connectivity index (χ4v) is 2.88. The minimum atomic E-state index is -0.660. The molecular formula is C20H38O2. The second-order valence-electron chi connectivity index (χ2n) is 6.48. The Morgan fingerprint density at radius 3 is 1.55 bits per heavy atom. The Hall–Kier alpha value is -0.790. The molecule has 0 aliphatic carbocycles. The average Bonchev–Trinajstić information content (AvgIpc) is 2.50. The Labute approximate surface area is 138 Å². The lowest BCUT2D eigenvalue weighted by Crippen LogP contribution is -1.93. The summed E-state index contributed by atoms with van der Waals surface area (Å²) in [5.41, 5.74) is 1.64. The maximum absolute atomic E-state index is 10.4. The van der Waals surface area contributed by atoms with Gasteiger partial charge in [0.15, 0.2) is 0 Å².